The fourth-order valence-electron chi connectivity index (χ4n) is 8.03. The van der Waals surface area contributed by atoms with Crippen molar-refractivity contribution in [2.75, 3.05) is 51.6 Å². The molecule has 0 saturated heterocycles. The Hall–Kier alpha value is -3.12. The largest absolute Gasteiger partial charge is 0.490 e. The van der Waals surface area contributed by atoms with E-state index in [2.05, 4.69) is 29.2 Å². The van der Waals surface area contributed by atoms with Gasteiger partial charge in [0.1, 0.15) is 5.75 Å². The maximum Gasteiger partial charge on any atom is 0.270 e. The summed E-state index contributed by atoms with van der Waals surface area (Å²) in [5.41, 5.74) is 0.455. The van der Waals surface area contributed by atoms with Crippen LogP contribution in [0.5, 0.6) is 5.75 Å². The first-order valence-electron chi connectivity index (χ1n) is 16.8. The van der Waals surface area contributed by atoms with Gasteiger partial charge in [0.05, 0.1) is 31.1 Å². The Labute approximate surface area is 288 Å². The summed E-state index contributed by atoms with van der Waals surface area (Å²) in [5.74, 6) is -0.432. The number of methoxy groups -OCH3 is 1. The molecule has 1 saturated carbocycles. The van der Waals surface area contributed by atoms with Gasteiger partial charge in [-0.1, -0.05) is 35.9 Å². The smallest absolute Gasteiger partial charge is 0.270 e. The Balaban J connectivity index is 1.48. The van der Waals surface area contributed by atoms with E-state index in [1.165, 1.54) is 16.0 Å². The summed E-state index contributed by atoms with van der Waals surface area (Å²) in [6.07, 6.45) is 10.7. The molecule has 2 N–H and O–H groups in total. The molecule has 0 radical (unpaired) electrons. The first-order chi connectivity index (χ1) is 22.8. The van der Waals surface area contributed by atoms with Crippen LogP contribution in [0.3, 0.4) is 0 Å². The highest BCUT2D eigenvalue weighted by Gasteiger charge is 2.46. The number of hydrogen-bond donors (Lipinski definition) is 2. The lowest BCUT2D eigenvalue weighted by molar-refractivity contribution is -0.148. The zero-order valence-electron chi connectivity index (χ0n) is 27.9. The third-order valence-electron chi connectivity index (χ3n) is 10.8. The van der Waals surface area contributed by atoms with Crippen molar-refractivity contribution in [1.82, 2.24) is 9.62 Å². The van der Waals surface area contributed by atoms with E-state index in [9.17, 15) is 23.1 Å². The SMILES string of the molecule is CO[C@H]1/C=C/CCCN(C)C(=O)C[C@@](O)(C(=O)NS(C)(=O)=O)c2ccc3c(c2)N(C[C@@H]2CC[C@H]21)C[C@@]1(CCCc2cc(Cl)ccc21)CO3. The molecule has 1 spiro atoms. The van der Waals surface area contributed by atoms with Crippen LogP contribution in [0.4, 0.5) is 5.69 Å². The monoisotopic (exact) mass is 699 g/mol. The van der Waals surface area contributed by atoms with E-state index in [1.807, 2.05) is 10.8 Å². The molecule has 1 fully saturated rings. The predicted molar refractivity (Wildman–Crippen MR) is 185 cm³/mol. The minimum Gasteiger partial charge on any atom is -0.490 e. The fourth-order valence-corrected chi connectivity index (χ4v) is 8.73. The number of carbonyl (C=O) groups is 2. The Kier molecular flexibility index (Phi) is 9.88. The second-order valence-corrected chi connectivity index (χ2v) is 16.3. The Bertz CT molecular complexity index is 1700. The number of hydrogen-bond acceptors (Lipinski definition) is 8. The lowest BCUT2D eigenvalue weighted by Gasteiger charge is -2.46. The molecule has 260 valence electrons. The number of fused-ring (bicyclic) bond motifs is 4. The molecule has 2 bridgehead atoms. The van der Waals surface area contributed by atoms with Crippen molar-refractivity contribution in [2.45, 2.75) is 68.5 Å². The molecule has 48 heavy (non-hydrogen) atoms. The highest BCUT2D eigenvalue weighted by molar-refractivity contribution is 7.89. The third kappa shape index (κ3) is 6.97. The molecule has 2 aromatic rings. The number of nitrogens with one attached hydrogen (secondary N) is 1. The molecule has 2 heterocycles. The molecule has 12 heteroatoms. The van der Waals surface area contributed by atoms with Crippen LogP contribution in [0.2, 0.25) is 5.02 Å². The van der Waals surface area contributed by atoms with Crippen molar-refractivity contribution in [2.24, 2.45) is 11.8 Å². The van der Waals surface area contributed by atoms with Crippen molar-refractivity contribution in [3.8, 4) is 5.75 Å². The molecule has 0 unspecified atom stereocenters. The molecule has 4 aliphatic rings. The summed E-state index contributed by atoms with van der Waals surface area (Å²) in [4.78, 5) is 30.9. The number of amides is 2. The number of allylic oxidation sites excluding steroid dienone is 1. The number of carbonyl (C=O) groups excluding carboxylic acids is 2. The highest BCUT2D eigenvalue weighted by Crippen LogP contribution is 2.47. The Morgan fingerprint density at radius 3 is 2.71 bits per heavy atom. The maximum atomic E-state index is 13.6. The summed E-state index contributed by atoms with van der Waals surface area (Å²) >= 11 is 6.43. The molecule has 2 amide bonds. The summed E-state index contributed by atoms with van der Waals surface area (Å²) in [7, 11) is -0.669. The second kappa shape index (κ2) is 13.7. The first kappa shape index (κ1) is 34.7. The van der Waals surface area contributed by atoms with Crippen molar-refractivity contribution < 1.29 is 32.6 Å². The van der Waals surface area contributed by atoms with Crippen LogP contribution in [-0.4, -0.2) is 83.0 Å². The van der Waals surface area contributed by atoms with Gasteiger partial charge in [0.25, 0.3) is 5.91 Å². The number of sulfonamides is 1. The van der Waals surface area contributed by atoms with Gasteiger partial charge in [-0.2, -0.15) is 0 Å². The number of rotatable bonds is 3. The van der Waals surface area contributed by atoms with Gasteiger partial charge in [0, 0.05) is 44.2 Å². The molecule has 2 aliphatic heterocycles. The van der Waals surface area contributed by atoms with Crippen LogP contribution < -0.4 is 14.4 Å². The van der Waals surface area contributed by atoms with Crippen molar-refractivity contribution >= 4 is 39.1 Å². The van der Waals surface area contributed by atoms with Crippen LogP contribution in [0.1, 0.15) is 61.6 Å². The van der Waals surface area contributed by atoms with Crippen molar-refractivity contribution in [1.29, 1.82) is 0 Å². The zero-order valence-corrected chi connectivity index (χ0v) is 29.5. The Morgan fingerprint density at radius 2 is 1.98 bits per heavy atom. The van der Waals surface area contributed by atoms with Crippen LogP contribution in [0.15, 0.2) is 48.6 Å². The van der Waals surface area contributed by atoms with E-state index in [0.29, 0.717) is 61.0 Å². The minimum atomic E-state index is -4.04. The van der Waals surface area contributed by atoms with E-state index >= 15 is 0 Å². The van der Waals surface area contributed by atoms with Crippen molar-refractivity contribution in [3.63, 3.8) is 0 Å². The minimum absolute atomic E-state index is 0.0379. The van der Waals surface area contributed by atoms with Gasteiger partial charge in [-0.05, 0) is 97.7 Å². The zero-order chi connectivity index (χ0) is 34.3. The van der Waals surface area contributed by atoms with Gasteiger partial charge in [0.15, 0.2) is 5.60 Å². The van der Waals surface area contributed by atoms with Gasteiger partial charge in [-0.15, -0.1) is 0 Å². The van der Waals surface area contributed by atoms with E-state index in [4.69, 9.17) is 21.1 Å². The molecular weight excluding hydrogens is 654 g/mol. The van der Waals surface area contributed by atoms with Gasteiger partial charge < -0.3 is 24.4 Å². The number of nitrogens with zero attached hydrogens (tertiary/aromatic N) is 2. The molecule has 2 aromatic carbocycles. The summed E-state index contributed by atoms with van der Waals surface area (Å²) in [6.45, 7) is 2.16. The lowest BCUT2D eigenvalue weighted by atomic mass is 9.68. The second-order valence-electron chi connectivity index (χ2n) is 14.1. The average Bonchev–Trinajstić information content (AvgIpc) is 3.17. The van der Waals surface area contributed by atoms with Crippen LogP contribution in [-0.2, 0) is 41.8 Å². The fraction of sp³-hybridized carbons (Fsp3) is 0.556. The standard InChI is InChI=1S/C36H46ClN3O7S/c1-39-17-6-4-5-9-31(46-2)28-13-10-25(28)21-40-22-35(16-7-8-24-18-27(37)12-14-29(24)35)23-47-32-15-11-26(19-30(32)40)36(43,20-33(39)41)34(42)38-48(3,44)45/h5,9,11-12,14-15,18-19,25,28,31,43H,4,6-8,10,13,16-17,20-23H2,1-3H3,(H,38,42)/b9-5+/t25-,28+,31-,35-,36-/m0/s1. The Morgan fingerprint density at radius 1 is 1.17 bits per heavy atom. The quantitative estimate of drug-likeness (QED) is 0.454. The van der Waals surface area contributed by atoms with Gasteiger partial charge in [0.2, 0.25) is 15.9 Å². The predicted octanol–water partition coefficient (Wildman–Crippen LogP) is 4.32. The molecule has 0 aromatic heterocycles. The molecule has 5 atom stereocenters. The number of ether oxygens (including phenoxy) is 2. The number of aliphatic hydroxyl groups is 1. The van der Waals surface area contributed by atoms with Crippen molar-refractivity contribution in [3.05, 3.63) is 70.3 Å². The van der Waals surface area contributed by atoms with E-state index in [0.717, 1.165) is 44.8 Å². The molecule has 10 nitrogen and oxygen atoms in total. The number of anilines is 1. The first-order valence-corrected chi connectivity index (χ1v) is 19.1. The third-order valence-corrected chi connectivity index (χ3v) is 11.6. The summed E-state index contributed by atoms with van der Waals surface area (Å²) < 4.78 is 38.9. The molecular formula is C36H46ClN3O7S. The lowest BCUT2D eigenvalue weighted by Crippen LogP contribution is -2.50. The average molecular weight is 700 g/mol. The topological polar surface area (TPSA) is 125 Å². The molecule has 2 aliphatic carbocycles. The number of halogens is 1. The van der Waals surface area contributed by atoms with Gasteiger partial charge in [-0.3, -0.25) is 14.3 Å². The number of benzene rings is 2. The maximum absolute atomic E-state index is 13.6. The van der Waals surface area contributed by atoms with Crippen LogP contribution >= 0.6 is 11.6 Å². The van der Waals surface area contributed by atoms with Gasteiger partial charge in [-0.25, -0.2) is 8.42 Å². The summed E-state index contributed by atoms with van der Waals surface area (Å²) in [6, 6.07) is 11.1. The normalized spacial score (nSPS) is 30.2. The van der Waals surface area contributed by atoms with E-state index < -0.39 is 33.9 Å². The summed E-state index contributed by atoms with van der Waals surface area (Å²) in [5, 5.41) is 12.8. The highest BCUT2D eigenvalue weighted by atomic mass is 35.5. The molecule has 6 rings (SSSR count). The van der Waals surface area contributed by atoms with E-state index in [-0.39, 0.29) is 17.1 Å². The van der Waals surface area contributed by atoms with Crippen LogP contribution in [0, 0.1) is 11.8 Å². The van der Waals surface area contributed by atoms with E-state index in [1.54, 1.807) is 32.4 Å². The van der Waals surface area contributed by atoms with Gasteiger partial charge >= 0.3 is 0 Å². The van der Waals surface area contributed by atoms with Crippen LogP contribution in [0.25, 0.3) is 0 Å². The number of aryl methyl sites for hydroxylation is 1.